The van der Waals surface area contributed by atoms with Crippen molar-refractivity contribution in [3.05, 3.63) is 40.9 Å². The molecule has 1 aliphatic rings. The summed E-state index contributed by atoms with van der Waals surface area (Å²) >= 11 is 1.13. The Morgan fingerprint density at radius 1 is 1.29 bits per heavy atom. The van der Waals surface area contributed by atoms with Gasteiger partial charge in [-0.05, 0) is 69.8 Å². The lowest BCUT2D eigenvalue weighted by Gasteiger charge is -2.33. The minimum Gasteiger partial charge on any atom is -0.494 e. The van der Waals surface area contributed by atoms with Crippen molar-refractivity contribution in [3.8, 4) is 5.75 Å². The van der Waals surface area contributed by atoms with Gasteiger partial charge >= 0.3 is 0 Å². The van der Waals surface area contributed by atoms with Crippen LogP contribution in [0.3, 0.4) is 0 Å². The van der Waals surface area contributed by atoms with Crippen LogP contribution in [-0.2, 0) is 4.79 Å². The van der Waals surface area contributed by atoms with Crippen LogP contribution >= 0.6 is 11.5 Å². The van der Waals surface area contributed by atoms with Crippen LogP contribution in [0, 0.1) is 0 Å². The Balaban J connectivity index is 1.98. The second kappa shape index (κ2) is 8.26. The fourth-order valence-corrected chi connectivity index (χ4v) is 3.46. The molecular weight excluding hydrogens is 376 g/mol. The van der Waals surface area contributed by atoms with E-state index in [0.717, 1.165) is 35.7 Å². The molecule has 0 saturated heterocycles. The molecule has 1 saturated carbocycles. The van der Waals surface area contributed by atoms with Crippen LogP contribution in [0.5, 0.6) is 5.75 Å². The van der Waals surface area contributed by atoms with Gasteiger partial charge in [0.2, 0.25) is 5.91 Å². The van der Waals surface area contributed by atoms with Crippen molar-refractivity contribution in [2.24, 2.45) is 0 Å². The van der Waals surface area contributed by atoms with Gasteiger partial charge in [0.25, 0.3) is 5.91 Å². The van der Waals surface area contributed by atoms with Crippen LogP contribution in [-0.4, -0.2) is 44.5 Å². The normalized spacial score (nSPS) is 15.0. The number of nitrogens with zero attached hydrogens (tertiary/aromatic N) is 3. The highest BCUT2D eigenvalue weighted by Gasteiger charge is 2.43. The van der Waals surface area contributed by atoms with Crippen molar-refractivity contribution in [2.45, 2.75) is 58.2 Å². The minimum absolute atomic E-state index is 0.0245. The van der Waals surface area contributed by atoms with Crippen LogP contribution < -0.4 is 10.1 Å². The average Bonchev–Trinajstić information content (AvgIpc) is 3.31. The molecule has 150 valence electrons. The van der Waals surface area contributed by atoms with Gasteiger partial charge in [0.05, 0.1) is 6.61 Å². The van der Waals surface area contributed by atoms with Crippen molar-refractivity contribution in [2.75, 3.05) is 6.61 Å². The highest BCUT2D eigenvalue weighted by Crippen LogP contribution is 2.36. The smallest absolute Gasteiger partial charge is 0.276 e. The fraction of sp³-hybridized carbons (Fsp3) is 0.500. The molecular formula is C20H26N4O3S. The molecule has 1 aromatic carbocycles. The van der Waals surface area contributed by atoms with Gasteiger partial charge in [0.1, 0.15) is 11.8 Å². The number of amides is 2. The highest BCUT2D eigenvalue weighted by atomic mass is 32.1. The molecule has 1 fully saturated rings. The predicted molar refractivity (Wildman–Crippen MR) is 107 cm³/mol. The first kappa shape index (κ1) is 20.3. The number of ether oxygens (including phenoxy) is 1. The molecule has 0 bridgehead atoms. The third kappa shape index (κ3) is 4.86. The molecule has 2 amide bonds. The molecule has 1 aromatic heterocycles. The molecule has 1 heterocycles. The standard InChI is InChI=1S/C20H26N4O3S/c1-5-27-15-10-6-13(7-11-15)17(18(25)21-20(2,3)4)24(14-8-9-14)19(26)16-12-28-23-22-16/h6-7,10-12,14,17H,5,8-9H2,1-4H3,(H,21,25)/t17-/m0/s1. The number of hydrogen-bond acceptors (Lipinski definition) is 6. The van der Waals surface area contributed by atoms with E-state index in [0.29, 0.717) is 6.61 Å². The number of rotatable bonds is 7. The Labute approximate surface area is 169 Å². The van der Waals surface area contributed by atoms with E-state index in [1.54, 1.807) is 10.3 Å². The van der Waals surface area contributed by atoms with Crippen LogP contribution in [0.15, 0.2) is 29.6 Å². The van der Waals surface area contributed by atoms with Gasteiger partial charge < -0.3 is 15.0 Å². The summed E-state index contributed by atoms with van der Waals surface area (Å²) in [5.41, 5.74) is 0.603. The van der Waals surface area contributed by atoms with Gasteiger partial charge in [-0.15, -0.1) is 5.10 Å². The molecule has 2 aromatic rings. The molecule has 3 rings (SSSR count). The van der Waals surface area contributed by atoms with E-state index in [4.69, 9.17) is 4.74 Å². The summed E-state index contributed by atoms with van der Waals surface area (Å²) < 4.78 is 9.31. The van der Waals surface area contributed by atoms with E-state index in [9.17, 15) is 9.59 Å². The van der Waals surface area contributed by atoms with E-state index in [1.807, 2.05) is 52.0 Å². The maximum absolute atomic E-state index is 13.2. The first-order valence-corrected chi connectivity index (χ1v) is 10.3. The molecule has 0 radical (unpaired) electrons. The summed E-state index contributed by atoms with van der Waals surface area (Å²) in [6.45, 7) is 8.26. The first-order chi connectivity index (χ1) is 13.3. The van der Waals surface area contributed by atoms with E-state index in [1.165, 1.54) is 0 Å². The van der Waals surface area contributed by atoms with Crippen LogP contribution in [0.1, 0.15) is 62.6 Å². The number of carbonyl (C=O) groups is 2. The summed E-state index contributed by atoms with van der Waals surface area (Å²) in [6, 6.07) is 6.64. The van der Waals surface area contributed by atoms with Gasteiger partial charge in [-0.3, -0.25) is 9.59 Å². The van der Waals surface area contributed by atoms with Crippen LogP contribution in [0.25, 0.3) is 0 Å². The third-order valence-electron chi connectivity index (χ3n) is 4.29. The zero-order valence-electron chi connectivity index (χ0n) is 16.6. The minimum atomic E-state index is -0.739. The first-order valence-electron chi connectivity index (χ1n) is 9.44. The van der Waals surface area contributed by atoms with E-state index in [-0.39, 0.29) is 23.6 Å². The zero-order valence-corrected chi connectivity index (χ0v) is 17.5. The number of hydrogen-bond donors (Lipinski definition) is 1. The average molecular weight is 403 g/mol. The Kier molecular flexibility index (Phi) is 5.98. The zero-order chi connectivity index (χ0) is 20.3. The highest BCUT2D eigenvalue weighted by molar-refractivity contribution is 7.03. The number of aromatic nitrogens is 2. The summed E-state index contributed by atoms with van der Waals surface area (Å²) in [7, 11) is 0. The van der Waals surface area contributed by atoms with E-state index in [2.05, 4.69) is 14.9 Å². The van der Waals surface area contributed by atoms with Gasteiger partial charge in [0.15, 0.2) is 5.69 Å². The Morgan fingerprint density at radius 3 is 2.46 bits per heavy atom. The van der Waals surface area contributed by atoms with Gasteiger partial charge in [-0.1, -0.05) is 16.6 Å². The molecule has 0 spiro atoms. The maximum atomic E-state index is 13.2. The molecule has 1 aliphatic carbocycles. The Hall–Kier alpha value is -2.48. The SMILES string of the molecule is CCOc1ccc([C@@H](C(=O)NC(C)(C)C)N(C(=O)c2csnn2)C2CC2)cc1. The second-order valence-electron chi connectivity index (χ2n) is 7.88. The lowest BCUT2D eigenvalue weighted by Crippen LogP contribution is -2.50. The molecule has 1 atom stereocenters. The molecule has 1 N–H and O–H groups in total. The van der Waals surface area contributed by atoms with E-state index >= 15 is 0 Å². The van der Waals surface area contributed by atoms with Gasteiger partial charge in [0, 0.05) is 17.0 Å². The number of benzene rings is 1. The molecule has 8 heteroatoms. The Bertz CT molecular complexity index is 811. The summed E-state index contributed by atoms with van der Waals surface area (Å²) in [4.78, 5) is 28.1. The number of nitrogens with one attached hydrogen (secondary N) is 1. The molecule has 0 aliphatic heterocycles. The topological polar surface area (TPSA) is 84.4 Å². The van der Waals surface area contributed by atoms with Crippen LogP contribution in [0.2, 0.25) is 0 Å². The molecule has 0 unspecified atom stereocenters. The maximum Gasteiger partial charge on any atom is 0.276 e. The van der Waals surface area contributed by atoms with Crippen molar-refractivity contribution < 1.29 is 14.3 Å². The summed E-state index contributed by atoms with van der Waals surface area (Å²) in [6.07, 6.45) is 1.75. The summed E-state index contributed by atoms with van der Waals surface area (Å²) in [5, 5.41) is 8.56. The van der Waals surface area contributed by atoms with Crippen molar-refractivity contribution in [1.29, 1.82) is 0 Å². The monoisotopic (exact) mass is 402 g/mol. The number of carbonyl (C=O) groups excluding carboxylic acids is 2. The van der Waals surface area contributed by atoms with Crippen molar-refractivity contribution in [3.63, 3.8) is 0 Å². The largest absolute Gasteiger partial charge is 0.494 e. The Morgan fingerprint density at radius 2 is 1.96 bits per heavy atom. The van der Waals surface area contributed by atoms with Crippen LogP contribution in [0.4, 0.5) is 0 Å². The lowest BCUT2D eigenvalue weighted by atomic mass is 10.0. The third-order valence-corrected chi connectivity index (χ3v) is 4.79. The van der Waals surface area contributed by atoms with E-state index < -0.39 is 11.6 Å². The quantitative estimate of drug-likeness (QED) is 0.769. The molecule has 7 nitrogen and oxygen atoms in total. The second-order valence-corrected chi connectivity index (χ2v) is 8.49. The molecule has 28 heavy (non-hydrogen) atoms. The van der Waals surface area contributed by atoms with Crippen molar-refractivity contribution >= 4 is 23.3 Å². The predicted octanol–water partition coefficient (Wildman–Crippen LogP) is 3.20. The fourth-order valence-electron chi connectivity index (χ4n) is 3.03. The van der Waals surface area contributed by atoms with Crippen molar-refractivity contribution in [1.82, 2.24) is 19.8 Å². The van der Waals surface area contributed by atoms with Gasteiger partial charge in [-0.2, -0.15) is 0 Å². The lowest BCUT2D eigenvalue weighted by molar-refractivity contribution is -0.127. The van der Waals surface area contributed by atoms with Gasteiger partial charge in [-0.25, -0.2) is 0 Å². The summed E-state index contributed by atoms with van der Waals surface area (Å²) in [5.74, 6) is 0.258.